The topological polar surface area (TPSA) is 93.1 Å². The van der Waals surface area contributed by atoms with E-state index in [1.165, 1.54) is 19.4 Å². The lowest BCUT2D eigenvalue weighted by Crippen LogP contribution is -2.69. The Labute approximate surface area is 172 Å². The number of carbonyl (C=O) groups is 2. The molecule has 4 rings (SSSR count). The molecule has 0 aliphatic heterocycles. The Morgan fingerprint density at radius 3 is 2.55 bits per heavy atom. The van der Waals surface area contributed by atoms with Gasteiger partial charge in [-0.2, -0.15) is 0 Å². The molecule has 8 atom stereocenters. The zero-order valence-electron chi connectivity index (χ0n) is 17.8. The number of hydrogen-bond donors (Lipinski definition) is 2. The highest BCUT2D eigenvalue weighted by molar-refractivity contribution is 5.67. The number of carbonyl (C=O) groups excluding carboxylic acids is 2. The lowest BCUT2D eigenvalue weighted by molar-refractivity contribution is -0.267. The van der Waals surface area contributed by atoms with Gasteiger partial charge in [-0.05, 0) is 62.2 Å². The molecule has 4 fully saturated rings. The second kappa shape index (κ2) is 6.81. The van der Waals surface area contributed by atoms with Crippen LogP contribution in [0.3, 0.4) is 0 Å². The van der Waals surface area contributed by atoms with Gasteiger partial charge in [-0.1, -0.05) is 19.1 Å². The van der Waals surface area contributed by atoms with E-state index in [2.05, 4.69) is 13.5 Å². The van der Waals surface area contributed by atoms with E-state index in [1.54, 1.807) is 0 Å². The third-order valence-electron chi connectivity index (χ3n) is 8.89. The fraction of sp³-hybridized carbons (Fsp3) is 0.826. The number of hydrogen-bond acceptors (Lipinski definition) is 6. The van der Waals surface area contributed by atoms with Crippen molar-refractivity contribution in [1.82, 2.24) is 0 Å². The maximum absolute atomic E-state index is 11.8. The van der Waals surface area contributed by atoms with E-state index < -0.39 is 29.7 Å². The summed E-state index contributed by atoms with van der Waals surface area (Å²) in [5, 5.41) is 23.2. The average molecular weight is 407 g/mol. The minimum absolute atomic E-state index is 0.165. The molecule has 2 bridgehead atoms. The molecule has 162 valence electrons. The van der Waals surface area contributed by atoms with Crippen LogP contribution in [0.25, 0.3) is 0 Å². The van der Waals surface area contributed by atoms with Crippen LogP contribution in [-0.4, -0.2) is 46.6 Å². The standard InChI is InChI=1S/C23H34O6/c1-13-10-22-11-16(13)5-6-17(22)21(4)8-7-20(29-15(3)25)23(27,12-28-14(2)24)18(21)9-19(22)26/h16-20,26-27H,1,5-12H2,2-4H3/t16-,17+,18+,19+,20-,21+,22+,23+/m1/s1. The molecule has 0 unspecified atom stereocenters. The quantitative estimate of drug-likeness (QED) is 0.553. The summed E-state index contributed by atoms with van der Waals surface area (Å²) in [6.07, 6.45) is 4.40. The molecule has 0 amide bonds. The van der Waals surface area contributed by atoms with E-state index in [0.29, 0.717) is 18.8 Å². The first kappa shape index (κ1) is 20.9. The molecule has 4 saturated carbocycles. The van der Waals surface area contributed by atoms with Crippen molar-refractivity contribution in [2.24, 2.45) is 28.6 Å². The van der Waals surface area contributed by atoms with Crippen LogP contribution in [-0.2, 0) is 19.1 Å². The van der Waals surface area contributed by atoms with Gasteiger partial charge in [0.05, 0.1) is 6.10 Å². The second-order valence-corrected chi connectivity index (χ2v) is 10.3. The summed E-state index contributed by atoms with van der Waals surface area (Å²) in [4.78, 5) is 23.2. The van der Waals surface area contributed by atoms with E-state index in [0.717, 1.165) is 32.1 Å². The highest BCUT2D eigenvalue weighted by Gasteiger charge is 2.69. The summed E-state index contributed by atoms with van der Waals surface area (Å²) < 4.78 is 10.8. The summed E-state index contributed by atoms with van der Waals surface area (Å²) >= 11 is 0. The Morgan fingerprint density at radius 2 is 1.90 bits per heavy atom. The number of aliphatic hydroxyl groups is 2. The van der Waals surface area contributed by atoms with Gasteiger partial charge in [0.25, 0.3) is 0 Å². The van der Waals surface area contributed by atoms with Crippen molar-refractivity contribution in [3.63, 3.8) is 0 Å². The lowest BCUT2D eigenvalue weighted by atomic mass is 9.41. The zero-order chi connectivity index (χ0) is 21.2. The van der Waals surface area contributed by atoms with Gasteiger partial charge in [-0.15, -0.1) is 0 Å². The summed E-state index contributed by atoms with van der Waals surface area (Å²) in [6.45, 7) is 8.93. The number of ether oxygens (including phenoxy) is 2. The summed E-state index contributed by atoms with van der Waals surface area (Å²) in [5.74, 6) is -0.490. The van der Waals surface area contributed by atoms with Crippen molar-refractivity contribution in [3.8, 4) is 0 Å². The van der Waals surface area contributed by atoms with Crippen molar-refractivity contribution in [3.05, 3.63) is 12.2 Å². The van der Waals surface area contributed by atoms with Crippen LogP contribution in [0.1, 0.15) is 65.7 Å². The molecule has 2 N–H and O–H groups in total. The van der Waals surface area contributed by atoms with Gasteiger partial charge < -0.3 is 19.7 Å². The lowest BCUT2D eigenvalue weighted by Gasteiger charge is -2.65. The number of fused-ring (bicyclic) bond motifs is 3. The maximum atomic E-state index is 11.8. The molecule has 6 heteroatoms. The first-order valence-corrected chi connectivity index (χ1v) is 10.9. The van der Waals surface area contributed by atoms with Crippen molar-refractivity contribution in [2.75, 3.05) is 6.61 Å². The molecule has 0 aromatic carbocycles. The number of allylic oxidation sites excluding steroid dienone is 1. The van der Waals surface area contributed by atoms with Gasteiger partial charge in [-0.3, -0.25) is 9.59 Å². The van der Waals surface area contributed by atoms with Crippen LogP contribution in [0.15, 0.2) is 12.2 Å². The molecular formula is C23H34O6. The molecule has 0 heterocycles. The highest BCUT2D eigenvalue weighted by Crippen LogP contribution is 2.71. The van der Waals surface area contributed by atoms with E-state index in [4.69, 9.17) is 9.47 Å². The van der Waals surface area contributed by atoms with E-state index >= 15 is 0 Å². The van der Waals surface area contributed by atoms with Crippen LogP contribution in [0, 0.1) is 28.6 Å². The Hall–Kier alpha value is -1.40. The van der Waals surface area contributed by atoms with Crippen LogP contribution in [0.5, 0.6) is 0 Å². The summed E-state index contributed by atoms with van der Waals surface area (Å²) in [7, 11) is 0. The molecule has 1 spiro atoms. The molecule has 0 radical (unpaired) electrons. The van der Waals surface area contributed by atoms with Gasteiger partial charge in [0.2, 0.25) is 0 Å². The minimum Gasteiger partial charge on any atom is -0.463 e. The summed E-state index contributed by atoms with van der Waals surface area (Å²) in [6, 6.07) is 0. The van der Waals surface area contributed by atoms with E-state index in [-0.39, 0.29) is 29.3 Å². The Morgan fingerprint density at radius 1 is 1.17 bits per heavy atom. The Kier molecular flexibility index (Phi) is 4.90. The van der Waals surface area contributed by atoms with Crippen molar-refractivity contribution in [1.29, 1.82) is 0 Å². The smallest absolute Gasteiger partial charge is 0.303 e. The largest absolute Gasteiger partial charge is 0.463 e. The van der Waals surface area contributed by atoms with Crippen molar-refractivity contribution in [2.45, 2.75) is 83.5 Å². The second-order valence-electron chi connectivity index (χ2n) is 10.3. The third kappa shape index (κ3) is 2.97. The van der Waals surface area contributed by atoms with E-state index in [9.17, 15) is 19.8 Å². The van der Waals surface area contributed by atoms with Gasteiger partial charge in [0, 0.05) is 25.2 Å². The van der Waals surface area contributed by atoms with Crippen molar-refractivity contribution < 1.29 is 29.3 Å². The number of aliphatic hydroxyl groups excluding tert-OH is 1. The molecule has 29 heavy (non-hydrogen) atoms. The normalized spacial score (nSPS) is 48.4. The van der Waals surface area contributed by atoms with Crippen LogP contribution in [0.2, 0.25) is 0 Å². The average Bonchev–Trinajstić information content (AvgIpc) is 2.89. The first-order valence-electron chi connectivity index (χ1n) is 10.9. The Bertz CT molecular complexity index is 733. The zero-order valence-corrected chi connectivity index (χ0v) is 17.8. The van der Waals surface area contributed by atoms with Crippen LogP contribution >= 0.6 is 0 Å². The number of rotatable bonds is 3. The maximum Gasteiger partial charge on any atom is 0.303 e. The SMILES string of the molecule is C=C1C[C@]23C[C@H]1CC[C@H]2[C@]1(C)CC[C@@H](OC(C)=O)[C@](O)(COC(C)=O)[C@H]1C[C@@H]3O. The Balaban J connectivity index is 1.73. The first-order chi connectivity index (χ1) is 13.5. The molecule has 4 aliphatic carbocycles. The molecular weight excluding hydrogens is 372 g/mol. The monoisotopic (exact) mass is 406 g/mol. The van der Waals surface area contributed by atoms with Gasteiger partial charge >= 0.3 is 11.9 Å². The molecule has 6 nitrogen and oxygen atoms in total. The van der Waals surface area contributed by atoms with Crippen LogP contribution < -0.4 is 0 Å². The van der Waals surface area contributed by atoms with Gasteiger partial charge in [0.15, 0.2) is 0 Å². The molecule has 0 aromatic rings. The summed E-state index contributed by atoms with van der Waals surface area (Å²) in [5.41, 5.74) is -0.626. The van der Waals surface area contributed by atoms with Gasteiger partial charge in [-0.25, -0.2) is 0 Å². The van der Waals surface area contributed by atoms with Gasteiger partial charge in [0.1, 0.15) is 18.3 Å². The fourth-order valence-electron chi connectivity index (χ4n) is 7.72. The molecule has 0 aromatic heterocycles. The molecule has 4 aliphatic rings. The molecule has 0 saturated heterocycles. The highest BCUT2D eigenvalue weighted by atomic mass is 16.6. The predicted molar refractivity (Wildman–Crippen MR) is 106 cm³/mol. The predicted octanol–water partition coefficient (Wildman–Crippen LogP) is 2.76. The third-order valence-corrected chi connectivity index (χ3v) is 8.89. The minimum atomic E-state index is -1.50. The van der Waals surface area contributed by atoms with Crippen LogP contribution in [0.4, 0.5) is 0 Å². The number of esters is 2. The fourth-order valence-corrected chi connectivity index (χ4v) is 7.72. The van der Waals surface area contributed by atoms with Crippen molar-refractivity contribution >= 4 is 11.9 Å². The van der Waals surface area contributed by atoms with E-state index in [1.807, 2.05) is 0 Å².